The van der Waals surface area contributed by atoms with Gasteiger partial charge in [-0.25, -0.2) is 4.99 Å². The van der Waals surface area contributed by atoms with Crippen molar-refractivity contribution < 1.29 is 19.4 Å². The molecule has 1 aliphatic heterocycles. The fourth-order valence-corrected chi connectivity index (χ4v) is 4.05. The normalized spacial score (nSPS) is 17.6. The van der Waals surface area contributed by atoms with E-state index in [4.69, 9.17) is 4.74 Å². The molecule has 0 spiro atoms. The summed E-state index contributed by atoms with van der Waals surface area (Å²) in [6.45, 7) is 5.76. The highest BCUT2D eigenvalue weighted by atomic mass is 32.2. The minimum Gasteiger partial charge on any atom is -0.508 e. The molecule has 30 heavy (non-hydrogen) atoms. The first kappa shape index (κ1) is 21.6. The Morgan fingerprint density at radius 3 is 2.67 bits per heavy atom. The molecule has 2 aromatic carbocycles. The average molecular weight is 425 g/mol. The van der Waals surface area contributed by atoms with Crippen molar-refractivity contribution in [2.45, 2.75) is 33.3 Å². The fourth-order valence-electron chi connectivity index (χ4n) is 3.00. The predicted molar refractivity (Wildman–Crippen MR) is 120 cm³/mol. The second-order valence-electron chi connectivity index (χ2n) is 6.74. The van der Waals surface area contributed by atoms with Crippen LogP contribution in [0.15, 0.2) is 58.4 Å². The molecule has 1 atom stereocenters. The third-order valence-corrected chi connectivity index (χ3v) is 5.56. The molecular weight excluding hydrogens is 400 g/mol. The van der Waals surface area contributed by atoms with Crippen LogP contribution in [0.1, 0.15) is 32.8 Å². The zero-order valence-corrected chi connectivity index (χ0v) is 18.0. The van der Waals surface area contributed by atoms with Crippen molar-refractivity contribution in [3.63, 3.8) is 0 Å². The van der Waals surface area contributed by atoms with Gasteiger partial charge in [-0.3, -0.25) is 14.5 Å². The lowest BCUT2D eigenvalue weighted by Gasteiger charge is -2.16. The van der Waals surface area contributed by atoms with Gasteiger partial charge in [0.2, 0.25) is 0 Å². The molecule has 1 amide bonds. The van der Waals surface area contributed by atoms with Crippen LogP contribution in [-0.2, 0) is 9.59 Å². The number of hydrogen-bond donors (Lipinski definition) is 1. The number of carbonyl (C=O) groups is 2. The second kappa shape index (κ2) is 9.63. The fraction of sp³-hybridized carbons (Fsp3) is 0.261. The smallest absolute Gasteiger partial charge is 0.266 e. The minimum absolute atomic E-state index is 0.0380. The van der Waals surface area contributed by atoms with Gasteiger partial charge in [0.05, 0.1) is 10.6 Å². The molecule has 156 valence electrons. The number of aromatic hydroxyl groups is 1. The number of phenols is 1. The molecule has 6 nitrogen and oxygen atoms in total. The van der Waals surface area contributed by atoms with Gasteiger partial charge >= 0.3 is 0 Å². The Morgan fingerprint density at radius 2 is 2.00 bits per heavy atom. The van der Waals surface area contributed by atoms with Crippen LogP contribution in [-0.4, -0.2) is 39.5 Å². The summed E-state index contributed by atoms with van der Waals surface area (Å²) < 4.78 is 5.90. The van der Waals surface area contributed by atoms with E-state index in [2.05, 4.69) is 4.99 Å². The monoisotopic (exact) mass is 424 g/mol. The van der Waals surface area contributed by atoms with Crippen molar-refractivity contribution in [2.24, 2.45) is 4.99 Å². The number of ether oxygens (including phenoxy) is 1. The van der Waals surface area contributed by atoms with Gasteiger partial charge < -0.3 is 9.84 Å². The lowest BCUT2D eigenvalue weighted by molar-refractivity contribution is -0.124. The van der Waals surface area contributed by atoms with E-state index in [1.165, 1.54) is 18.7 Å². The topological polar surface area (TPSA) is 79.2 Å². The average Bonchev–Trinajstić information content (AvgIpc) is 3.01. The van der Waals surface area contributed by atoms with E-state index in [0.717, 1.165) is 5.56 Å². The molecule has 1 saturated heterocycles. The van der Waals surface area contributed by atoms with Gasteiger partial charge in [0, 0.05) is 18.2 Å². The molecule has 1 fully saturated rings. The molecule has 1 unspecified atom stereocenters. The number of amides is 1. The van der Waals surface area contributed by atoms with Gasteiger partial charge in [-0.2, -0.15) is 0 Å². The first-order valence-corrected chi connectivity index (χ1v) is 10.6. The number of aliphatic imine (C=N–C) groups is 1. The largest absolute Gasteiger partial charge is 0.508 e. The quantitative estimate of drug-likeness (QED) is 0.648. The number of para-hydroxylation sites is 1. The van der Waals surface area contributed by atoms with E-state index in [1.54, 1.807) is 41.3 Å². The molecule has 2 aromatic rings. The summed E-state index contributed by atoms with van der Waals surface area (Å²) in [4.78, 5) is 31.3. The highest BCUT2D eigenvalue weighted by Gasteiger charge is 2.32. The van der Waals surface area contributed by atoms with Crippen LogP contribution in [0.2, 0.25) is 0 Å². The Kier molecular flexibility index (Phi) is 6.95. The summed E-state index contributed by atoms with van der Waals surface area (Å²) in [5.74, 6) is 0.493. The van der Waals surface area contributed by atoms with Crippen LogP contribution < -0.4 is 4.74 Å². The van der Waals surface area contributed by atoms with Gasteiger partial charge in [-0.1, -0.05) is 31.2 Å². The molecule has 1 aliphatic rings. The molecule has 0 aliphatic carbocycles. The molecule has 7 heteroatoms. The van der Waals surface area contributed by atoms with Gasteiger partial charge in [-0.05, 0) is 56.3 Å². The summed E-state index contributed by atoms with van der Waals surface area (Å²) >= 11 is 1.27. The maximum atomic E-state index is 12.9. The van der Waals surface area contributed by atoms with Crippen LogP contribution in [0.25, 0.3) is 6.08 Å². The molecule has 1 N–H and O–H groups in total. The van der Waals surface area contributed by atoms with E-state index in [0.29, 0.717) is 34.5 Å². The predicted octanol–water partition coefficient (Wildman–Crippen LogP) is 4.76. The summed E-state index contributed by atoms with van der Waals surface area (Å²) in [7, 11) is 0. The summed E-state index contributed by atoms with van der Waals surface area (Å²) in [5.41, 5.74) is 1.30. The van der Waals surface area contributed by atoms with Crippen LogP contribution in [0.4, 0.5) is 5.69 Å². The number of Topliss-reactive ketones (excluding diaryl/α,β-unsaturated/α-hetero) is 1. The lowest BCUT2D eigenvalue weighted by atomic mass is 10.1. The standard InChI is InChI=1S/C23H24N2O4S/c1-4-19(15(3)26)29-20-12-7-6-9-16(20)13-21-22(28)25(5-2)23(30-21)24-17-10-8-11-18(27)14-17/h6-14,19,27H,4-5H2,1-3H3/b21-13-,24-23?. The maximum absolute atomic E-state index is 12.9. The van der Waals surface area contributed by atoms with Crippen molar-refractivity contribution in [1.29, 1.82) is 0 Å². The first-order valence-electron chi connectivity index (χ1n) is 9.78. The Labute approximate surface area is 180 Å². The maximum Gasteiger partial charge on any atom is 0.266 e. The zero-order valence-electron chi connectivity index (χ0n) is 17.2. The Morgan fingerprint density at radius 1 is 1.23 bits per heavy atom. The second-order valence-corrected chi connectivity index (χ2v) is 7.75. The molecule has 0 aromatic heterocycles. The number of amidine groups is 1. The number of rotatable bonds is 7. The van der Waals surface area contributed by atoms with Crippen molar-refractivity contribution in [3.05, 3.63) is 59.0 Å². The van der Waals surface area contributed by atoms with Crippen molar-refractivity contribution >= 4 is 40.4 Å². The van der Waals surface area contributed by atoms with E-state index < -0.39 is 6.10 Å². The molecule has 3 rings (SSSR count). The SMILES string of the molecule is CCC(Oc1ccccc1/C=C1\SC(=Nc2cccc(O)c2)N(CC)C1=O)C(C)=O. The third-order valence-electron chi connectivity index (χ3n) is 4.56. The zero-order chi connectivity index (χ0) is 21.7. The van der Waals surface area contributed by atoms with Crippen molar-refractivity contribution in [2.75, 3.05) is 6.54 Å². The van der Waals surface area contributed by atoms with E-state index in [9.17, 15) is 14.7 Å². The van der Waals surface area contributed by atoms with Crippen LogP contribution >= 0.6 is 11.8 Å². The number of hydrogen-bond acceptors (Lipinski definition) is 6. The van der Waals surface area contributed by atoms with Gasteiger partial charge in [0.25, 0.3) is 5.91 Å². The number of likely N-dealkylation sites (N-methyl/N-ethyl adjacent to an activating group) is 1. The number of nitrogens with zero attached hydrogens (tertiary/aromatic N) is 2. The number of thioether (sulfide) groups is 1. The van der Waals surface area contributed by atoms with Gasteiger partial charge in [0.1, 0.15) is 11.5 Å². The Hall–Kier alpha value is -3.06. The number of ketones is 1. The van der Waals surface area contributed by atoms with Crippen molar-refractivity contribution in [1.82, 2.24) is 4.90 Å². The summed E-state index contributed by atoms with van der Waals surface area (Å²) in [6, 6.07) is 13.9. The number of benzene rings is 2. The van der Waals surface area contributed by atoms with Gasteiger partial charge in [0.15, 0.2) is 17.1 Å². The Balaban J connectivity index is 1.93. The molecule has 1 heterocycles. The first-order chi connectivity index (χ1) is 14.4. The van der Waals surface area contributed by atoms with Crippen LogP contribution in [0.5, 0.6) is 11.5 Å². The minimum atomic E-state index is -0.522. The van der Waals surface area contributed by atoms with E-state index in [1.807, 2.05) is 32.0 Å². The van der Waals surface area contributed by atoms with E-state index in [-0.39, 0.29) is 17.4 Å². The number of phenolic OH excluding ortho intramolecular Hbond substituents is 1. The van der Waals surface area contributed by atoms with Crippen molar-refractivity contribution in [3.8, 4) is 11.5 Å². The van der Waals surface area contributed by atoms with E-state index >= 15 is 0 Å². The third kappa shape index (κ3) is 4.91. The molecule has 0 radical (unpaired) electrons. The molecule has 0 bridgehead atoms. The molecular formula is C23H24N2O4S. The number of carbonyl (C=O) groups excluding carboxylic acids is 2. The lowest BCUT2D eigenvalue weighted by Crippen LogP contribution is -2.28. The van der Waals surface area contributed by atoms with Crippen LogP contribution in [0, 0.1) is 0 Å². The highest BCUT2D eigenvalue weighted by molar-refractivity contribution is 8.18. The van der Waals surface area contributed by atoms with Gasteiger partial charge in [-0.15, -0.1) is 0 Å². The van der Waals surface area contributed by atoms with Crippen LogP contribution in [0.3, 0.4) is 0 Å². The summed E-state index contributed by atoms with van der Waals surface area (Å²) in [5, 5.41) is 10.2. The highest BCUT2D eigenvalue weighted by Crippen LogP contribution is 2.36. The Bertz CT molecular complexity index is 1020. The molecule has 0 saturated carbocycles. The summed E-state index contributed by atoms with van der Waals surface area (Å²) in [6.07, 6.45) is 1.81.